The summed E-state index contributed by atoms with van der Waals surface area (Å²) in [6.45, 7) is 5.22. The van der Waals surface area contributed by atoms with Crippen LogP contribution in [0.4, 0.5) is 5.82 Å². The third-order valence-electron chi connectivity index (χ3n) is 3.28. The molecule has 1 unspecified atom stereocenters. The molecule has 2 rings (SSSR count). The van der Waals surface area contributed by atoms with Gasteiger partial charge in [0.15, 0.2) is 0 Å². The molecule has 1 aromatic heterocycles. The third kappa shape index (κ3) is 3.17. The van der Waals surface area contributed by atoms with Gasteiger partial charge < -0.3 is 10.4 Å². The maximum Gasteiger partial charge on any atom is 0.126 e. The van der Waals surface area contributed by atoms with Gasteiger partial charge >= 0.3 is 0 Å². The van der Waals surface area contributed by atoms with Crippen LogP contribution in [0.2, 0.25) is 0 Å². The fourth-order valence-electron chi connectivity index (χ4n) is 2.40. The summed E-state index contributed by atoms with van der Waals surface area (Å²) in [4.78, 5) is 6.62. The molecule has 17 heavy (non-hydrogen) atoms. The monoisotopic (exact) mass is 235 g/mol. The van der Waals surface area contributed by atoms with Crippen LogP contribution in [-0.4, -0.2) is 40.7 Å². The molecule has 0 radical (unpaired) electrons. The third-order valence-corrected chi connectivity index (χ3v) is 3.28. The van der Waals surface area contributed by atoms with Gasteiger partial charge in [0.2, 0.25) is 0 Å². The van der Waals surface area contributed by atoms with Gasteiger partial charge in [-0.05, 0) is 44.0 Å². The normalized spacial score (nSPS) is 20.7. The maximum absolute atomic E-state index is 9.29. The molecule has 1 fully saturated rings. The van der Waals surface area contributed by atoms with Crippen LogP contribution in [0.15, 0.2) is 18.3 Å². The van der Waals surface area contributed by atoms with Gasteiger partial charge in [-0.15, -0.1) is 0 Å². The fraction of sp³-hybridized carbons (Fsp3) is 0.615. The van der Waals surface area contributed by atoms with Crippen molar-refractivity contribution in [3.8, 4) is 0 Å². The quantitative estimate of drug-likeness (QED) is 0.811. The highest BCUT2D eigenvalue weighted by Gasteiger charge is 2.23. The topological polar surface area (TPSA) is 48.4 Å². The van der Waals surface area contributed by atoms with Gasteiger partial charge in [-0.25, -0.2) is 4.98 Å². The lowest BCUT2D eigenvalue weighted by Crippen LogP contribution is -2.31. The fourth-order valence-corrected chi connectivity index (χ4v) is 2.40. The largest absolute Gasteiger partial charge is 0.395 e. The van der Waals surface area contributed by atoms with Crippen molar-refractivity contribution in [1.29, 1.82) is 0 Å². The number of aliphatic hydroxyl groups is 1. The van der Waals surface area contributed by atoms with Crippen LogP contribution in [0.5, 0.6) is 0 Å². The number of likely N-dealkylation sites (tertiary alicyclic amines) is 1. The van der Waals surface area contributed by atoms with Crippen LogP contribution in [0, 0.1) is 0 Å². The zero-order valence-electron chi connectivity index (χ0n) is 10.4. The molecule has 2 heterocycles. The van der Waals surface area contributed by atoms with Gasteiger partial charge in [-0.3, -0.25) is 4.90 Å². The second-order valence-corrected chi connectivity index (χ2v) is 4.53. The molecule has 0 saturated carbocycles. The first kappa shape index (κ1) is 12.3. The molecule has 1 saturated heterocycles. The molecule has 0 aliphatic carbocycles. The first-order valence-corrected chi connectivity index (χ1v) is 6.37. The Bertz CT molecular complexity index is 356. The lowest BCUT2D eigenvalue weighted by molar-refractivity contribution is 0.153. The van der Waals surface area contributed by atoms with E-state index >= 15 is 0 Å². The molecular weight excluding hydrogens is 214 g/mol. The number of rotatable bonds is 5. The van der Waals surface area contributed by atoms with E-state index in [1.165, 1.54) is 12.0 Å². The summed E-state index contributed by atoms with van der Waals surface area (Å²) in [6.07, 6.45) is 4.15. The number of nitrogens with zero attached hydrogens (tertiary/aromatic N) is 2. The molecule has 0 aromatic carbocycles. The Morgan fingerprint density at radius 3 is 3.24 bits per heavy atom. The summed E-state index contributed by atoms with van der Waals surface area (Å²) in [5.41, 5.74) is 1.26. The minimum atomic E-state index is 0.269. The van der Waals surface area contributed by atoms with E-state index in [2.05, 4.69) is 28.2 Å². The highest BCUT2D eigenvalue weighted by Crippen LogP contribution is 2.20. The van der Waals surface area contributed by atoms with Crippen LogP contribution in [0.1, 0.15) is 25.3 Å². The van der Waals surface area contributed by atoms with E-state index < -0.39 is 0 Å². The summed E-state index contributed by atoms with van der Waals surface area (Å²) in [5.74, 6) is 0.935. The maximum atomic E-state index is 9.29. The summed E-state index contributed by atoms with van der Waals surface area (Å²) in [5, 5.41) is 12.5. The Morgan fingerprint density at radius 2 is 2.47 bits per heavy atom. The Labute approximate surface area is 103 Å². The molecule has 1 aliphatic rings. The number of hydrogen-bond donors (Lipinski definition) is 2. The predicted octanol–water partition coefficient (Wildman–Crippen LogP) is 1.47. The molecule has 94 valence electrons. The summed E-state index contributed by atoms with van der Waals surface area (Å²) in [6, 6.07) is 4.48. The lowest BCUT2D eigenvalue weighted by atomic mass is 10.2. The summed E-state index contributed by atoms with van der Waals surface area (Å²) in [7, 11) is 0. The molecule has 4 nitrogen and oxygen atoms in total. The molecule has 2 N–H and O–H groups in total. The van der Waals surface area contributed by atoms with Crippen LogP contribution in [0.3, 0.4) is 0 Å². The van der Waals surface area contributed by atoms with Gasteiger partial charge in [-0.1, -0.05) is 0 Å². The highest BCUT2D eigenvalue weighted by molar-refractivity contribution is 5.37. The molecule has 1 aromatic rings. The zero-order valence-corrected chi connectivity index (χ0v) is 10.4. The van der Waals surface area contributed by atoms with Crippen molar-refractivity contribution in [2.45, 2.75) is 32.4 Å². The van der Waals surface area contributed by atoms with Crippen LogP contribution in [0.25, 0.3) is 0 Å². The number of aliphatic hydroxyl groups excluding tert-OH is 1. The van der Waals surface area contributed by atoms with E-state index in [0.717, 1.165) is 31.9 Å². The Kier molecular flexibility index (Phi) is 4.34. The van der Waals surface area contributed by atoms with Crippen LogP contribution >= 0.6 is 0 Å². The first-order valence-electron chi connectivity index (χ1n) is 6.37. The zero-order chi connectivity index (χ0) is 12.1. The summed E-state index contributed by atoms with van der Waals surface area (Å²) < 4.78 is 0. The number of anilines is 1. The molecule has 1 atom stereocenters. The predicted molar refractivity (Wildman–Crippen MR) is 68.9 cm³/mol. The Morgan fingerprint density at radius 1 is 1.59 bits per heavy atom. The van der Waals surface area contributed by atoms with E-state index in [1.54, 1.807) is 0 Å². The average Bonchev–Trinajstić information content (AvgIpc) is 2.77. The van der Waals surface area contributed by atoms with E-state index in [4.69, 9.17) is 0 Å². The minimum absolute atomic E-state index is 0.269. The second-order valence-electron chi connectivity index (χ2n) is 4.53. The van der Waals surface area contributed by atoms with E-state index in [-0.39, 0.29) is 6.61 Å². The van der Waals surface area contributed by atoms with Gasteiger partial charge in [0.05, 0.1) is 6.61 Å². The lowest BCUT2D eigenvalue weighted by Gasteiger charge is -2.22. The Balaban J connectivity index is 2.00. The molecule has 4 heteroatoms. The highest BCUT2D eigenvalue weighted by atomic mass is 16.3. The van der Waals surface area contributed by atoms with Crippen molar-refractivity contribution in [3.63, 3.8) is 0 Å². The van der Waals surface area contributed by atoms with E-state index in [0.29, 0.717) is 6.04 Å². The standard InChI is InChI=1S/C13H21N3O/c1-2-14-13-8-11(5-6-15-13)9-16-7-3-4-12(16)10-17/h5-6,8,12,17H,2-4,7,9-10H2,1H3,(H,14,15). The van der Waals surface area contributed by atoms with Crippen molar-refractivity contribution in [2.24, 2.45) is 0 Å². The molecule has 0 bridgehead atoms. The number of aromatic nitrogens is 1. The average molecular weight is 235 g/mol. The van der Waals surface area contributed by atoms with E-state index in [9.17, 15) is 5.11 Å². The summed E-state index contributed by atoms with van der Waals surface area (Å²) >= 11 is 0. The number of nitrogens with one attached hydrogen (secondary N) is 1. The Hall–Kier alpha value is -1.13. The number of hydrogen-bond acceptors (Lipinski definition) is 4. The van der Waals surface area contributed by atoms with Gasteiger partial charge in [0.1, 0.15) is 5.82 Å². The number of pyridine rings is 1. The van der Waals surface area contributed by atoms with Gasteiger partial charge in [0, 0.05) is 25.3 Å². The SMILES string of the molecule is CCNc1cc(CN2CCCC2CO)ccn1. The molecule has 0 spiro atoms. The van der Waals surface area contributed by atoms with Crippen LogP contribution in [-0.2, 0) is 6.54 Å². The van der Waals surface area contributed by atoms with Gasteiger partial charge in [0.25, 0.3) is 0 Å². The van der Waals surface area contributed by atoms with E-state index in [1.807, 2.05) is 12.3 Å². The molecule has 1 aliphatic heterocycles. The van der Waals surface area contributed by atoms with Gasteiger partial charge in [-0.2, -0.15) is 0 Å². The first-order chi connectivity index (χ1) is 8.33. The molecular formula is C13H21N3O. The smallest absolute Gasteiger partial charge is 0.126 e. The van der Waals surface area contributed by atoms with Crippen molar-refractivity contribution < 1.29 is 5.11 Å². The second kappa shape index (κ2) is 5.98. The van der Waals surface area contributed by atoms with Crippen molar-refractivity contribution in [1.82, 2.24) is 9.88 Å². The molecule has 0 amide bonds. The van der Waals surface area contributed by atoms with Crippen molar-refractivity contribution in [2.75, 3.05) is 25.0 Å². The van der Waals surface area contributed by atoms with Crippen molar-refractivity contribution in [3.05, 3.63) is 23.9 Å². The van der Waals surface area contributed by atoms with Crippen LogP contribution < -0.4 is 5.32 Å². The van der Waals surface area contributed by atoms with Crippen molar-refractivity contribution >= 4 is 5.82 Å². The minimum Gasteiger partial charge on any atom is -0.395 e.